The molecule has 104 valence electrons. The Morgan fingerprint density at radius 1 is 1.40 bits per heavy atom. The summed E-state index contributed by atoms with van der Waals surface area (Å²) in [6.07, 6.45) is 2.92. The van der Waals surface area contributed by atoms with Crippen molar-refractivity contribution in [3.8, 4) is 0 Å². The minimum Gasteiger partial charge on any atom is -0.396 e. The third-order valence-electron chi connectivity index (χ3n) is 4.04. The first kappa shape index (κ1) is 12.3. The van der Waals surface area contributed by atoms with Crippen molar-refractivity contribution >= 4 is 27.3 Å². The zero-order valence-corrected chi connectivity index (χ0v) is 12.0. The Morgan fingerprint density at radius 3 is 3.20 bits per heavy atom. The number of hydrogen-bond acceptors (Lipinski definition) is 4. The van der Waals surface area contributed by atoms with E-state index in [-0.39, 0.29) is 6.61 Å². The number of benzene rings is 1. The fourth-order valence-corrected chi connectivity index (χ4v) is 4.17. The first-order valence-corrected chi connectivity index (χ1v) is 7.90. The van der Waals surface area contributed by atoms with Gasteiger partial charge in [0.2, 0.25) is 0 Å². The third-order valence-corrected chi connectivity index (χ3v) is 5.12. The molecule has 0 amide bonds. The monoisotopic (exact) mass is 287 g/mol. The number of aliphatic hydroxyl groups is 1. The van der Waals surface area contributed by atoms with Crippen LogP contribution < -0.4 is 5.32 Å². The molecule has 3 aromatic rings. The number of nitrogens with one attached hydrogen (secondary N) is 1. The summed E-state index contributed by atoms with van der Waals surface area (Å²) in [7, 11) is 0. The molecule has 4 nitrogen and oxygen atoms in total. The van der Waals surface area contributed by atoms with E-state index in [0.29, 0.717) is 6.04 Å². The van der Waals surface area contributed by atoms with Crippen molar-refractivity contribution in [1.29, 1.82) is 0 Å². The van der Waals surface area contributed by atoms with Gasteiger partial charge in [0.25, 0.3) is 0 Å². The molecule has 20 heavy (non-hydrogen) atoms. The SMILES string of the molecule is OCCCC1Cc2c(sc3nc4ccccc4n23)CN1. The molecule has 1 atom stereocenters. The Kier molecular flexibility index (Phi) is 2.98. The zero-order chi connectivity index (χ0) is 13.5. The van der Waals surface area contributed by atoms with Crippen LogP contribution in [0.4, 0.5) is 0 Å². The maximum absolute atomic E-state index is 8.99. The van der Waals surface area contributed by atoms with Crippen LogP contribution in [0.3, 0.4) is 0 Å². The molecule has 1 aliphatic rings. The lowest BCUT2D eigenvalue weighted by Crippen LogP contribution is -2.35. The van der Waals surface area contributed by atoms with Gasteiger partial charge < -0.3 is 10.4 Å². The molecule has 2 aromatic heterocycles. The van der Waals surface area contributed by atoms with Crippen LogP contribution in [0.25, 0.3) is 16.0 Å². The van der Waals surface area contributed by atoms with Crippen LogP contribution in [0, 0.1) is 0 Å². The van der Waals surface area contributed by atoms with Crippen LogP contribution in [-0.4, -0.2) is 27.1 Å². The van der Waals surface area contributed by atoms with Crippen molar-refractivity contribution in [2.45, 2.75) is 31.8 Å². The molecule has 1 aromatic carbocycles. The Bertz CT molecular complexity index is 761. The molecule has 3 heterocycles. The highest BCUT2D eigenvalue weighted by molar-refractivity contribution is 7.17. The van der Waals surface area contributed by atoms with Gasteiger partial charge in [0.15, 0.2) is 4.96 Å². The van der Waals surface area contributed by atoms with Gasteiger partial charge in [-0.2, -0.15) is 0 Å². The summed E-state index contributed by atoms with van der Waals surface area (Å²) in [5.41, 5.74) is 3.69. The second-order valence-corrected chi connectivity index (χ2v) is 6.40. The van der Waals surface area contributed by atoms with Gasteiger partial charge in [0, 0.05) is 36.2 Å². The minimum atomic E-state index is 0.276. The molecule has 0 spiro atoms. The summed E-state index contributed by atoms with van der Waals surface area (Å²) in [4.78, 5) is 7.22. The molecule has 1 unspecified atom stereocenters. The number of para-hydroxylation sites is 2. The fourth-order valence-electron chi connectivity index (χ4n) is 3.05. The van der Waals surface area contributed by atoms with Crippen LogP contribution in [0.5, 0.6) is 0 Å². The van der Waals surface area contributed by atoms with Crippen LogP contribution in [-0.2, 0) is 13.0 Å². The first-order chi connectivity index (χ1) is 9.86. The van der Waals surface area contributed by atoms with Gasteiger partial charge in [-0.3, -0.25) is 4.40 Å². The molecule has 1 aliphatic heterocycles. The smallest absolute Gasteiger partial charge is 0.195 e. The predicted octanol–water partition coefficient (Wildman–Crippen LogP) is 2.34. The van der Waals surface area contributed by atoms with E-state index in [0.717, 1.165) is 36.3 Å². The zero-order valence-electron chi connectivity index (χ0n) is 11.2. The van der Waals surface area contributed by atoms with Crippen LogP contribution in [0.1, 0.15) is 23.4 Å². The molecule has 0 radical (unpaired) electrons. The average Bonchev–Trinajstić information content (AvgIpc) is 3.00. The number of rotatable bonds is 3. The molecule has 0 fully saturated rings. The predicted molar refractivity (Wildman–Crippen MR) is 81.2 cm³/mol. The van der Waals surface area contributed by atoms with E-state index in [1.807, 2.05) is 6.07 Å². The highest BCUT2D eigenvalue weighted by Gasteiger charge is 2.24. The molecule has 0 bridgehead atoms. The Hall–Kier alpha value is -1.43. The first-order valence-electron chi connectivity index (χ1n) is 7.09. The number of thiazole rings is 1. The van der Waals surface area contributed by atoms with Gasteiger partial charge in [-0.05, 0) is 25.0 Å². The maximum Gasteiger partial charge on any atom is 0.195 e. The summed E-state index contributed by atoms with van der Waals surface area (Å²) in [5, 5.41) is 12.6. The van der Waals surface area contributed by atoms with Crippen molar-refractivity contribution in [2.24, 2.45) is 0 Å². The normalized spacial score (nSPS) is 18.8. The number of aliphatic hydroxyl groups excluding tert-OH is 1. The molecule has 0 saturated carbocycles. The standard InChI is InChI=1S/C15H17N3OS/c19-7-3-4-10-8-13-14(9-16-10)20-15-17-11-5-1-2-6-12(11)18(13)15/h1-2,5-6,10,16,19H,3-4,7-9H2. The van der Waals surface area contributed by atoms with Gasteiger partial charge in [0.1, 0.15) is 0 Å². The maximum atomic E-state index is 8.99. The van der Waals surface area contributed by atoms with E-state index >= 15 is 0 Å². The van der Waals surface area contributed by atoms with Gasteiger partial charge in [0.05, 0.1) is 11.0 Å². The summed E-state index contributed by atoms with van der Waals surface area (Å²) < 4.78 is 2.32. The summed E-state index contributed by atoms with van der Waals surface area (Å²) in [6, 6.07) is 8.80. The van der Waals surface area contributed by atoms with Crippen molar-refractivity contribution in [1.82, 2.24) is 14.7 Å². The van der Waals surface area contributed by atoms with Crippen molar-refractivity contribution in [3.05, 3.63) is 34.8 Å². The number of aromatic nitrogens is 2. The largest absolute Gasteiger partial charge is 0.396 e. The molecule has 2 N–H and O–H groups in total. The molecule has 5 heteroatoms. The Balaban J connectivity index is 1.80. The second kappa shape index (κ2) is 4.84. The second-order valence-electron chi connectivity index (χ2n) is 5.34. The van der Waals surface area contributed by atoms with E-state index in [4.69, 9.17) is 10.1 Å². The Morgan fingerprint density at radius 2 is 2.30 bits per heavy atom. The molecular weight excluding hydrogens is 270 g/mol. The van der Waals surface area contributed by atoms with Gasteiger partial charge in [-0.1, -0.05) is 23.5 Å². The topological polar surface area (TPSA) is 49.6 Å². The summed E-state index contributed by atoms with van der Waals surface area (Å²) in [5.74, 6) is 0. The van der Waals surface area contributed by atoms with Crippen LogP contribution in [0.15, 0.2) is 24.3 Å². The molecule has 4 rings (SSSR count). The summed E-state index contributed by atoms with van der Waals surface area (Å²) >= 11 is 1.79. The lowest BCUT2D eigenvalue weighted by molar-refractivity contribution is 0.272. The van der Waals surface area contributed by atoms with E-state index < -0.39 is 0 Å². The molecule has 0 aliphatic carbocycles. The quantitative estimate of drug-likeness (QED) is 0.777. The number of nitrogens with zero attached hydrogens (tertiary/aromatic N) is 2. The lowest BCUT2D eigenvalue weighted by atomic mass is 10.0. The van der Waals surface area contributed by atoms with E-state index in [2.05, 4.69) is 27.9 Å². The fraction of sp³-hybridized carbons (Fsp3) is 0.400. The van der Waals surface area contributed by atoms with Gasteiger partial charge in [-0.25, -0.2) is 4.98 Å². The van der Waals surface area contributed by atoms with E-state index in [1.54, 1.807) is 11.3 Å². The van der Waals surface area contributed by atoms with Crippen molar-refractivity contribution in [2.75, 3.05) is 6.61 Å². The van der Waals surface area contributed by atoms with Crippen LogP contribution >= 0.6 is 11.3 Å². The number of hydrogen-bond donors (Lipinski definition) is 2. The Labute approximate surface area is 121 Å². The average molecular weight is 287 g/mol. The lowest BCUT2D eigenvalue weighted by Gasteiger charge is -2.23. The minimum absolute atomic E-state index is 0.276. The highest BCUT2D eigenvalue weighted by atomic mass is 32.1. The van der Waals surface area contributed by atoms with Gasteiger partial charge in [-0.15, -0.1) is 0 Å². The number of fused-ring (bicyclic) bond motifs is 5. The van der Waals surface area contributed by atoms with Gasteiger partial charge >= 0.3 is 0 Å². The molecular formula is C15H17N3OS. The number of imidazole rings is 1. The summed E-state index contributed by atoms with van der Waals surface area (Å²) in [6.45, 7) is 1.20. The van der Waals surface area contributed by atoms with Crippen LogP contribution in [0.2, 0.25) is 0 Å². The van der Waals surface area contributed by atoms with E-state index in [1.165, 1.54) is 16.1 Å². The van der Waals surface area contributed by atoms with Crippen molar-refractivity contribution in [3.63, 3.8) is 0 Å². The molecule has 0 saturated heterocycles. The third kappa shape index (κ3) is 1.85. The van der Waals surface area contributed by atoms with Crippen molar-refractivity contribution < 1.29 is 5.11 Å². The highest BCUT2D eigenvalue weighted by Crippen LogP contribution is 2.31. The van der Waals surface area contributed by atoms with E-state index in [9.17, 15) is 0 Å².